The molecule has 0 aromatic heterocycles. The molecule has 2 heteroatoms. The van der Waals surface area contributed by atoms with Gasteiger partial charge in [-0.05, 0) is 13.3 Å². The first-order valence-corrected chi connectivity index (χ1v) is 9.03. The fourth-order valence-corrected chi connectivity index (χ4v) is 2.48. The van der Waals surface area contributed by atoms with Gasteiger partial charge in [0.25, 0.3) is 0 Å². The van der Waals surface area contributed by atoms with Crippen molar-refractivity contribution in [2.75, 3.05) is 13.2 Å². The summed E-state index contributed by atoms with van der Waals surface area (Å²) in [6.45, 7) is 5.34. The molecule has 0 radical (unpaired) electrons. The topological polar surface area (TPSA) is 29.5 Å². The van der Waals surface area contributed by atoms with Crippen LogP contribution in [0.25, 0.3) is 0 Å². The van der Waals surface area contributed by atoms with Gasteiger partial charge in [0.15, 0.2) is 0 Å². The van der Waals surface area contributed by atoms with E-state index in [9.17, 15) is 0 Å². The van der Waals surface area contributed by atoms with Crippen molar-refractivity contribution < 1.29 is 9.84 Å². The molecular formula is C18H38O2. The minimum Gasteiger partial charge on any atom is -0.391 e. The number of aliphatic hydroxyl groups is 1. The molecule has 0 amide bonds. The monoisotopic (exact) mass is 286 g/mol. The quantitative estimate of drug-likeness (QED) is 0.381. The Bertz CT molecular complexity index is 169. The van der Waals surface area contributed by atoms with E-state index < -0.39 is 0 Å². The van der Waals surface area contributed by atoms with Crippen LogP contribution < -0.4 is 0 Å². The average molecular weight is 286 g/mol. The summed E-state index contributed by atoms with van der Waals surface area (Å²) in [5.41, 5.74) is 0. The standard InChI is InChI=1S/C18H38O2/c1-3-4-5-6-7-8-9-10-11-12-13-14-15-16-20-17-18(2)19/h18-19H,3-17H2,1-2H3. The summed E-state index contributed by atoms with van der Waals surface area (Å²) < 4.78 is 5.34. The Morgan fingerprint density at radius 2 is 1.10 bits per heavy atom. The van der Waals surface area contributed by atoms with Crippen molar-refractivity contribution in [1.29, 1.82) is 0 Å². The fourth-order valence-electron chi connectivity index (χ4n) is 2.48. The van der Waals surface area contributed by atoms with Crippen molar-refractivity contribution in [3.63, 3.8) is 0 Å². The molecule has 122 valence electrons. The van der Waals surface area contributed by atoms with Crippen LogP contribution >= 0.6 is 0 Å². The molecule has 1 N–H and O–H groups in total. The molecule has 1 atom stereocenters. The molecule has 0 aliphatic carbocycles. The molecule has 0 rings (SSSR count). The highest BCUT2D eigenvalue weighted by Crippen LogP contribution is 2.12. The number of rotatable bonds is 16. The number of hydrogen-bond donors (Lipinski definition) is 1. The number of aliphatic hydroxyl groups excluding tert-OH is 1. The summed E-state index contributed by atoms with van der Waals surface area (Å²) in [6, 6.07) is 0. The molecule has 0 bridgehead atoms. The molecule has 0 aliphatic heterocycles. The zero-order valence-electron chi connectivity index (χ0n) is 14.0. The van der Waals surface area contributed by atoms with Gasteiger partial charge >= 0.3 is 0 Å². The minimum absolute atomic E-state index is 0.322. The van der Waals surface area contributed by atoms with Crippen LogP contribution in [0.2, 0.25) is 0 Å². The van der Waals surface area contributed by atoms with Crippen molar-refractivity contribution in [2.45, 2.75) is 103 Å². The predicted molar refractivity (Wildman–Crippen MR) is 88.2 cm³/mol. The molecule has 0 aromatic carbocycles. The van der Waals surface area contributed by atoms with E-state index in [2.05, 4.69) is 6.92 Å². The second kappa shape index (κ2) is 17.0. The van der Waals surface area contributed by atoms with Crippen LogP contribution in [0.3, 0.4) is 0 Å². The van der Waals surface area contributed by atoms with E-state index in [1.54, 1.807) is 6.92 Å². The zero-order valence-corrected chi connectivity index (χ0v) is 14.0. The van der Waals surface area contributed by atoms with Crippen LogP contribution in [0.1, 0.15) is 97.3 Å². The second-order valence-electron chi connectivity index (χ2n) is 6.17. The molecule has 0 heterocycles. The third-order valence-electron chi connectivity index (χ3n) is 3.75. The van der Waals surface area contributed by atoms with E-state index in [-0.39, 0.29) is 6.10 Å². The Balaban J connectivity index is 2.92. The lowest BCUT2D eigenvalue weighted by atomic mass is 10.0. The molecule has 0 aromatic rings. The van der Waals surface area contributed by atoms with Crippen LogP contribution in [0.15, 0.2) is 0 Å². The van der Waals surface area contributed by atoms with E-state index in [0.29, 0.717) is 6.61 Å². The second-order valence-corrected chi connectivity index (χ2v) is 6.17. The van der Waals surface area contributed by atoms with Gasteiger partial charge in [-0.25, -0.2) is 0 Å². The maximum atomic E-state index is 9.03. The van der Waals surface area contributed by atoms with Crippen molar-refractivity contribution in [3.8, 4) is 0 Å². The van der Waals surface area contributed by atoms with E-state index >= 15 is 0 Å². The molecule has 0 aliphatic rings. The van der Waals surface area contributed by atoms with Gasteiger partial charge in [-0.1, -0.05) is 84.0 Å². The Hall–Kier alpha value is -0.0800. The third-order valence-corrected chi connectivity index (χ3v) is 3.75. The summed E-state index contributed by atoms with van der Waals surface area (Å²) in [5.74, 6) is 0. The van der Waals surface area contributed by atoms with Gasteiger partial charge in [-0.15, -0.1) is 0 Å². The lowest BCUT2D eigenvalue weighted by Gasteiger charge is -2.06. The first kappa shape index (κ1) is 19.9. The lowest BCUT2D eigenvalue weighted by molar-refractivity contribution is 0.0445. The molecule has 0 spiro atoms. The van der Waals surface area contributed by atoms with Crippen molar-refractivity contribution in [3.05, 3.63) is 0 Å². The predicted octanol–water partition coefficient (Wildman–Crippen LogP) is 5.48. The van der Waals surface area contributed by atoms with Crippen LogP contribution in [-0.4, -0.2) is 24.4 Å². The molecule has 2 nitrogen and oxygen atoms in total. The van der Waals surface area contributed by atoms with Gasteiger partial charge in [0.05, 0.1) is 12.7 Å². The smallest absolute Gasteiger partial charge is 0.0745 e. The van der Waals surface area contributed by atoms with Crippen LogP contribution in [0.5, 0.6) is 0 Å². The molecule has 1 unspecified atom stereocenters. The third kappa shape index (κ3) is 17.9. The van der Waals surface area contributed by atoms with Crippen molar-refractivity contribution >= 4 is 0 Å². The summed E-state index contributed by atoms with van der Waals surface area (Å²) in [4.78, 5) is 0. The van der Waals surface area contributed by atoms with Gasteiger partial charge in [0.2, 0.25) is 0 Å². The van der Waals surface area contributed by atoms with E-state index in [1.807, 2.05) is 0 Å². The maximum absolute atomic E-state index is 9.03. The van der Waals surface area contributed by atoms with E-state index in [4.69, 9.17) is 9.84 Å². The summed E-state index contributed by atoms with van der Waals surface area (Å²) in [7, 11) is 0. The van der Waals surface area contributed by atoms with Crippen LogP contribution in [0, 0.1) is 0 Å². The van der Waals surface area contributed by atoms with Crippen molar-refractivity contribution in [2.24, 2.45) is 0 Å². The lowest BCUT2D eigenvalue weighted by Crippen LogP contribution is -2.10. The summed E-state index contributed by atoms with van der Waals surface area (Å²) in [6.07, 6.45) is 17.6. The Morgan fingerprint density at radius 3 is 1.50 bits per heavy atom. The van der Waals surface area contributed by atoms with Gasteiger partial charge < -0.3 is 9.84 Å². The first-order valence-electron chi connectivity index (χ1n) is 9.03. The Labute approximate surface area is 127 Å². The van der Waals surface area contributed by atoms with Gasteiger partial charge in [0.1, 0.15) is 0 Å². The van der Waals surface area contributed by atoms with E-state index in [1.165, 1.54) is 77.0 Å². The maximum Gasteiger partial charge on any atom is 0.0745 e. The average Bonchev–Trinajstić information content (AvgIpc) is 2.43. The normalized spacial score (nSPS) is 12.8. The van der Waals surface area contributed by atoms with E-state index in [0.717, 1.165) is 13.0 Å². The SMILES string of the molecule is CCCCCCCCCCCCCCCOCC(C)O. The highest BCUT2D eigenvalue weighted by molar-refractivity contribution is 4.49. The Morgan fingerprint density at radius 1 is 0.700 bits per heavy atom. The summed E-state index contributed by atoms with van der Waals surface area (Å²) in [5, 5.41) is 9.03. The van der Waals surface area contributed by atoms with Crippen LogP contribution in [0.4, 0.5) is 0 Å². The zero-order chi connectivity index (χ0) is 14.9. The highest BCUT2D eigenvalue weighted by atomic mass is 16.5. The molecular weight excluding hydrogens is 248 g/mol. The Kier molecular flexibility index (Phi) is 16.9. The first-order chi connectivity index (χ1) is 9.77. The minimum atomic E-state index is -0.322. The molecule has 0 saturated carbocycles. The number of ether oxygens (including phenoxy) is 1. The molecule has 0 saturated heterocycles. The number of hydrogen-bond acceptors (Lipinski definition) is 2. The van der Waals surface area contributed by atoms with Crippen LogP contribution in [-0.2, 0) is 4.74 Å². The van der Waals surface area contributed by atoms with Gasteiger partial charge in [-0.3, -0.25) is 0 Å². The fraction of sp³-hybridized carbons (Fsp3) is 1.00. The largest absolute Gasteiger partial charge is 0.391 e. The summed E-state index contributed by atoms with van der Waals surface area (Å²) >= 11 is 0. The number of unbranched alkanes of at least 4 members (excludes halogenated alkanes) is 12. The van der Waals surface area contributed by atoms with Gasteiger partial charge in [-0.2, -0.15) is 0 Å². The molecule has 0 fully saturated rings. The molecule has 20 heavy (non-hydrogen) atoms. The van der Waals surface area contributed by atoms with Crippen molar-refractivity contribution in [1.82, 2.24) is 0 Å². The van der Waals surface area contributed by atoms with Gasteiger partial charge in [0, 0.05) is 6.61 Å². The highest BCUT2D eigenvalue weighted by Gasteiger charge is 1.96.